The van der Waals surface area contributed by atoms with Gasteiger partial charge in [0.15, 0.2) is 0 Å². The monoisotopic (exact) mass is 292 g/mol. The maximum Gasteiger partial charge on any atom is 0.339 e. The van der Waals surface area contributed by atoms with Crippen LogP contribution in [-0.2, 0) is 10.1 Å². The SMILES string of the molecule is COc1cccc(OS(=O)(=O)c2ccc(C)cc2)c1C. The van der Waals surface area contributed by atoms with Gasteiger partial charge in [-0.15, -0.1) is 0 Å². The minimum Gasteiger partial charge on any atom is -0.496 e. The summed E-state index contributed by atoms with van der Waals surface area (Å²) in [6.45, 7) is 3.64. The molecular weight excluding hydrogens is 276 g/mol. The Hall–Kier alpha value is -2.01. The summed E-state index contributed by atoms with van der Waals surface area (Å²) in [5, 5.41) is 0. The molecule has 0 fully saturated rings. The van der Waals surface area contributed by atoms with Crippen LogP contribution in [0.25, 0.3) is 0 Å². The normalized spacial score (nSPS) is 11.2. The Kier molecular flexibility index (Phi) is 3.99. The molecule has 2 rings (SSSR count). The van der Waals surface area contributed by atoms with Gasteiger partial charge in [0.05, 0.1) is 7.11 Å². The molecule has 0 saturated heterocycles. The summed E-state index contributed by atoms with van der Waals surface area (Å²) < 4.78 is 34.7. The van der Waals surface area contributed by atoms with E-state index in [1.807, 2.05) is 6.92 Å². The van der Waals surface area contributed by atoms with Crippen molar-refractivity contribution in [2.24, 2.45) is 0 Å². The number of rotatable bonds is 4. The summed E-state index contributed by atoms with van der Waals surface area (Å²) in [6.07, 6.45) is 0. The van der Waals surface area contributed by atoms with E-state index in [2.05, 4.69) is 0 Å². The first-order valence-corrected chi connectivity index (χ1v) is 7.49. The molecule has 0 bridgehead atoms. The third kappa shape index (κ3) is 2.93. The molecule has 0 saturated carbocycles. The van der Waals surface area contributed by atoms with E-state index in [0.717, 1.165) is 5.56 Å². The van der Waals surface area contributed by atoms with Gasteiger partial charge in [0.1, 0.15) is 16.4 Å². The summed E-state index contributed by atoms with van der Waals surface area (Å²) in [5.74, 6) is 0.853. The Balaban J connectivity index is 2.36. The Morgan fingerprint density at radius 2 is 1.50 bits per heavy atom. The quantitative estimate of drug-likeness (QED) is 0.813. The van der Waals surface area contributed by atoms with E-state index >= 15 is 0 Å². The van der Waals surface area contributed by atoms with E-state index in [9.17, 15) is 8.42 Å². The van der Waals surface area contributed by atoms with Crippen molar-refractivity contribution in [3.8, 4) is 11.5 Å². The molecular formula is C15H16O4S. The molecule has 20 heavy (non-hydrogen) atoms. The standard InChI is InChI=1S/C15H16O4S/c1-11-7-9-13(10-8-11)20(16,17)19-15-6-4-5-14(18-3)12(15)2/h4-10H,1-3H3. The first-order valence-electron chi connectivity index (χ1n) is 6.09. The third-order valence-electron chi connectivity index (χ3n) is 2.96. The van der Waals surface area contributed by atoms with Crippen molar-refractivity contribution in [1.29, 1.82) is 0 Å². The highest BCUT2D eigenvalue weighted by Crippen LogP contribution is 2.29. The van der Waals surface area contributed by atoms with Crippen LogP contribution < -0.4 is 8.92 Å². The number of hydrogen-bond acceptors (Lipinski definition) is 4. The van der Waals surface area contributed by atoms with Crippen LogP contribution in [-0.4, -0.2) is 15.5 Å². The van der Waals surface area contributed by atoms with Crippen molar-refractivity contribution >= 4 is 10.1 Å². The first kappa shape index (κ1) is 14.4. The predicted octanol–water partition coefficient (Wildman–Crippen LogP) is 3.08. The van der Waals surface area contributed by atoms with Gasteiger partial charge in [-0.2, -0.15) is 8.42 Å². The van der Waals surface area contributed by atoms with Gasteiger partial charge in [-0.25, -0.2) is 0 Å². The second-order valence-corrected chi connectivity index (χ2v) is 5.98. The molecule has 0 amide bonds. The van der Waals surface area contributed by atoms with Crippen LogP contribution in [0.1, 0.15) is 11.1 Å². The van der Waals surface area contributed by atoms with Gasteiger partial charge in [-0.3, -0.25) is 0 Å². The molecule has 5 heteroatoms. The predicted molar refractivity (Wildman–Crippen MR) is 76.7 cm³/mol. The maximum atomic E-state index is 12.2. The zero-order valence-electron chi connectivity index (χ0n) is 11.6. The molecule has 0 aliphatic rings. The van der Waals surface area contributed by atoms with Crippen LogP contribution in [0.5, 0.6) is 11.5 Å². The van der Waals surface area contributed by atoms with Crippen molar-refractivity contribution in [2.45, 2.75) is 18.7 Å². The van der Waals surface area contributed by atoms with Gasteiger partial charge in [-0.05, 0) is 38.1 Å². The smallest absolute Gasteiger partial charge is 0.339 e. The molecule has 0 radical (unpaired) electrons. The van der Waals surface area contributed by atoms with Crippen LogP contribution in [0, 0.1) is 13.8 Å². The molecule has 106 valence electrons. The lowest BCUT2D eigenvalue weighted by Gasteiger charge is -2.12. The highest BCUT2D eigenvalue weighted by atomic mass is 32.2. The molecule has 0 aliphatic carbocycles. The Bertz CT molecular complexity index is 703. The van der Waals surface area contributed by atoms with Crippen LogP contribution in [0.4, 0.5) is 0 Å². The first-order chi connectivity index (χ1) is 9.44. The van der Waals surface area contributed by atoms with Crippen molar-refractivity contribution in [2.75, 3.05) is 7.11 Å². The van der Waals surface area contributed by atoms with Gasteiger partial charge in [0.25, 0.3) is 0 Å². The van der Waals surface area contributed by atoms with E-state index in [0.29, 0.717) is 11.3 Å². The van der Waals surface area contributed by atoms with E-state index in [-0.39, 0.29) is 10.6 Å². The van der Waals surface area contributed by atoms with Crippen LogP contribution in [0.2, 0.25) is 0 Å². The van der Waals surface area contributed by atoms with Crippen LogP contribution >= 0.6 is 0 Å². The molecule has 2 aromatic rings. The molecule has 0 aromatic heterocycles. The molecule has 0 atom stereocenters. The van der Waals surface area contributed by atoms with Crippen molar-refractivity contribution in [1.82, 2.24) is 0 Å². The average molecular weight is 292 g/mol. The number of methoxy groups -OCH3 is 1. The maximum absolute atomic E-state index is 12.2. The fraction of sp³-hybridized carbons (Fsp3) is 0.200. The van der Waals surface area contributed by atoms with Gasteiger partial charge >= 0.3 is 10.1 Å². The Morgan fingerprint density at radius 3 is 2.10 bits per heavy atom. The lowest BCUT2D eigenvalue weighted by molar-refractivity contribution is 0.407. The molecule has 0 unspecified atom stereocenters. The topological polar surface area (TPSA) is 52.6 Å². The fourth-order valence-electron chi connectivity index (χ4n) is 1.78. The summed E-state index contributed by atoms with van der Waals surface area (Å²) in [5.41, 5.74) is 1.63. The number of hydrogen-bond donors (Lipinski definition) is 0. The molecule has 0 heterocycles. The lowest BCUT2D eigenvalue weighted by Crippen LogP contribution is -2.10. The number of benzene rings is 2. The molecule has 0 spiro atoms. The van der Waals surface area contributed by atoms with Crippen LogP contribution in [0.15, 0.2) is 47.4 Å². The van der Waals surface area contributed by atoms with Crippen molar-refractivity contribution < 1.29 is 17.3 Å². The number of ether oxygens (including phenoxy) is 1. The highest BCUT2D eigenvalue weighted by molar-refractivity contribution is 7.87. The van der Waals surface area contributed by atoms with Gasteiger partial charge < -0.3 is 8.92 Å². The summed E-state index contributed by atoms with van der Waals surface area (Å²) >= 11 is 0. The number of aryl methyl sites for hydroxylation is 1. The van der Waals surface area contributed by atoms with Gasteiger partial charge in [0, 0.05) is 5.56 Å². The average Bonchev–Trinajstić information content (AvgIpc) is 2.41. The van der Waals surface area contributed by atoms with E-state index in [1.165, 1.54) is 19.2 Å². The second kappa shape index (κ2) is 5.54. The van der Waals surface area contributed by atoms with Gasteiger partial charge in [-0.1, -0.05) is 23.8 Å². The van der Waals surface area contributed by atoms with E-state index in [1.54, 1.807) is 37.3 Å². The Labute approximate surface area is 119 Å². The molecule has 4 nitrogen and oxygen atoms in total. The summed E-state index contributed by atoms with van der Waals surface area (Å²) in [7, 11) is -2.30. The second-order valence-electron chi connectivity index (χ2n) is 4.43. The van der Waals surface area contributed by atoms with E-state index in [4.69, 9.17) is 8.92 Å². The summed E-state index contributed by atoms with van der Waals surface area (Å²) in [6, 6.07) is 11.6. The minimum absolute atomic E-state index is 0.130. The van der Waals surface area contributed by atoms with Crippen molar-refractivity contribution in [3.63, 3.8) is 0 Å². The van der Waals surface area contributed by atoms with Gasteiger partial charge in [0.2, 0.25) is 0 Å². The van der Waals surface area contributed by atoms with Crippen LogP contribution in [0.3, 0.4) is 0 Å². The largest absolute Gasteiger partial charge is 0.496 e. The molecule has 2 aromatic carbocycles. The zero-order chi connectivity index (χ0) is 14.8. The molecule has 0 aliphatic heterocycles. The Morgan fingerprint density at radius 1 is 0.900 bits per heavy atom. The highest BCUT2D eigenvalue weighted by Gasteiger charge is 2.18. The van der Waals surface area contributed by atoms with Crippen molar-refractivity contribution in [3.05, 3.63) is 53.6 Å². The zero-order valence-corrected chi connectivity index (χ0v) is 12.4. The summed E-state index contributed by atoms with van der Waals surface area (Å²) in [4.78, 5) is 0.130. The minimum atomic E-state index is -3.83. The van der Waals surface area contributed by atoms with E-state index < -0.39 is 10.1 Å². The fourth-order valence-corrected chi connectivity index (χ4v) is 2.76. The molecule has 0 N–H and O–H groups in total. The lowest BCUT2D eigenvalue weighted by atomic mass is 10.2. The third-order valence-corrected chi connectivity index (χ3v) is 4.21.